The van der Waals surface area contributed by atoms with Crippen LogP contribution >= 0.6 is 34.8 Å². The molecule has 3 heteroatoms. The van der Waals surface area contributed by atoms with Crippen molar-refractivity contribution in [3.8, 4) is 0 Å². The summed E-state index contributed by atoms with van der Waals surface area (Å²) in [5.74, 6) is -0.0532. The van der Waals surface area contributed by atoms with Crippen molar-refractivity contribution in [2.24, 2.45) is 5.92 Å². The predicted octanol–water partition coefficient (Wildman–Crippen LogP) is 3.10. The van der Waals surface area contributed by atoms with E-state index in [-0.39, 0.29) is 5.92 Å². The number of halogens is 3. The van der Waals surface area contributed by atoms with Crippen LogP contribution in [0.15, 0.2) is 24.3 Å². The molecule has 1 aliphatic rings. The molecule has 0 unspecified atom stereocenters. The molecule has 0 nitrogen and oxygen atoms in total. The van der Waals surface area contributed by atoms with Gasteiger partial charge in [-0.2, -0.15) is 0 Å². The Bertz CT molecular complexity index is 140. The summed E-state index contributed by atoms with van der Waals surface area (Å²) in [6, 6.07) is 0. The molecule has 0 saturated heterocycles. The van der Waals surface area contributed by atoms with Gasteiger partial charge in [0.05, 0.1) is 0 Å². The molecule has 0 N–H and O–H groups in total. The molecular formula is C6H5Cl3. The smallest absolute Gasteiger partial charge is 0.0827 e. The van der Waals surface area contributed by atoms with Crippen LogP contribution < -0.4 is 0 Å². The van der Waals surface area contributed by atoms with Gasteiger partial charge in [-0.15, -0.1) is 0 Å². The Morgan fingerprint density at radius 3 is 1.67 bits per heavy atom. The fourth-order valence-electron chi connectivity index (χ4n) is 0.650. The normalized spacial score (nSPS) is 19.4. The summed E-state index contributed by atoms with van der Waals surface area (Å²) >= 11 is 16.7. The molecule has 0 radical (unpaired) electrons. The molecule has 50 valence electrons. The van der Waals surface area contributed by atoms with Gasteiger partial charge in [0.1, 0.15) is 0 Å². The summed E-state index contributed by atoms with van der Waals surface area (Å²) in [6.45, 7) is 0. The number of hydrogen-bond acceptors (Lipinski definition) is 0. The van der Waals surface area contributed by atoms with Gasteiger partial charge >= 0.3 is 0 Å². The van der Waals surface area contributed by atoms with Gasteiger partial charge < -0.3 is 0 Å². The molecule has 1 rings (SSSR count). The van der Waals surface area contributed by atoms with Crippen LogP contribution in [-0.2, 0) is 0 Å². The zero-order chi connectivity index (χ0) is 6.91. The van der Waals surface area contributed by atoms with Crippen LogP contribution in [0.1, 0.15) is 0 Å². The molecule has 9 heavy (non-hydrogen) atoms. The average Bonchev–Trinajstić information content (AvgIpc) is 2.08. The van der Waals surface area contributed by atoms with Crippen LogP contribution in [0.2, 0.25) is 0 Å². The lowest BCUT2D eigenvalue weighted by atomic mass is 10.2. The van der Waals surface area contributed by atoms with E-state index in [1.807, 2.05) is 24.3 Å². The largest absolute Gasteiger partial charge is 0.200 e. The third-order valence-electron chi connectivity index (χ3n) is 1.13. The number of allylic oxidation sites excluding steroid dienone is 4. The summed E-state index contributed by atoms with van der Waals surface area (Å²) in [6.07, 6.45) is 7.44. The second kappa shape index (κ2) is 2.53. The molecule has 0 aromatic rings. The topological polar surface area (TPSA) is 0 Å². The van der Waals surface area contributed by atoms with Crippen LogP contribution in [-0.4, -0.2) is 3.79 Å². The molecule has 0 saturated carbocycles. The van der Waals surface area contributed by atoms with Crippen molar-refractivity contribution in [2.45, 2.75) is 3.79 Å². The first kappa shape index (κ1) is 7.46. The van der Waals surface area contributed by atoms with Crippen molar-refractivity contribution in [1.29, 1.82) is 0 Å². The first-order chi connectivity index (χ1) is 4.11. The maximum absolute atomic E-state index is 5.57. The molecule has 0 aromatic heterocycles. The van der Waals surface area contributed by atoms with E-state index in [4.69, 9.17) is 34.8 Å². The highest BCUT2D eigenvalue weighted by Gasteiger charge is 2.29. The minimum absolute atomic E-state index is 0.0532. The van der Waals surface area contributed by atoms with E-state index in [0.29, 0.717) is 0 Å². The average molecular weight is 183 g/mol. The highest BCUT2D eigenvalue weighted by molar-refractivity contribution is 6.68. The SMILES string of the molecule is ClC(Cl)(Cl)C1C=CC=C1. The van der Waals surface area contributed by atoms with Crippen LogP contribution in [0.3, 0.4) is 0 Å². The third kappa shape index (κ3) is 1.89. The molecule has 0 aromatic carbocycles. The molecule has 0 aliphatic heterocycles. The van der Waals surface area contributed by atoms with Gasteiger partial charge in [-0.3, -0.25) is 0 Å². The van der Waals surface area contributed by atoms with Crippen LogP contribution in [0.5, 0.6) is 0 Å². The Morgan fingerprint density at radius 1 is 1.00 bits per heavy atom. The lowest BCUT2D eigenvalue weighted by molar-refractivity contribution is 0.856. The van der Waals surface area contributed by atoms with Gasteiger partial charge in [-0.25, -0.2) is 0 Å². The van der Waals surface area contributed by atoms with Crippen molar-refractivity contribution in [3.63, 3.8) is 0 Å². The van der Waals surface area contributed by atoms with Crippen molar-refractivity contribution in [1.82, 2.24) is 0 Å². The lowest BCUT2D eigenvalue weighted by Crippen LogP contribution is -2.12. The molecule has 0 amide bonds. The fourth-order valence-corrected chi connectivity index (χ4v) is 1.09. The molecule has 0 heterocycles. The number of hydrogen-bond donors (Lipinski definition) is 0. The highest BCUT2D eigenvalue weighted by Crippen LogP contribution is 2.38. The third-order valence-corrected chi connectivity index (χ3v) is 1.88. The van der Waals surface area contributed by atoms with E-state index in [0.717, 1.165) is 0 Å². The van der Waals surface area contributed by atoms with Gasteiger partial charge in [0.15, 0.2) is 3.79 Å². The zero-order valence-corrected chi connectivity index (χ0v) is 6.79. The minimum Gasteiger partial charge on any atom is -0.0827 e. The number of alkyl halides is 3. The zero-order valence-electron chi connectivity index (χ0n) is 4.52. The summed E-state index contributed by atoms with van der Waals surface area (Å²) in [4.78, 5) is 0. The van der Waals surface area contributed by atoms with E-state index in [2.05, 4.69) is 0 Å². The fraction of sp³-hybridized carbons (Fsp3) is 0.333. The molecule has 0 bridgehead atoms. The molecule has 1 aliphatic carbocycles. The summed E-state index contributed by atoms with van der Waals surface area (Å²) in [5.41, 5.74) is 0. The lowest BCUT2D eigenvalue weighted by Gasteiger charge is -2.14. The van der Waals surface area contributed by atoms with E-state index in [1.165, 1.54) is 0 Å². The monoisotopic (exact) mass is 182 g/mol. The quantitative estimate of drug-likeness (QED) is 0.506. The van der Waals surface area contributed by atoms with Crippen LogP contribution in [0.4, 0.5) is 0 Å². The van der Waals surface area contributed by atoms with E-state index in [9.17, 15) is 0 Å². The Labute approximate surface area is 69.1 Å². The van der Waals surface area contributed by atoms with Gasteiger partial charge in [0.25, 0.3) is 0 Å². The van der Waals surface area contributed by atoms with Crippen LogP contribution in [0.25, 0.3) is 0 Å². The molecule has 0 spiro atoms. The first-order valence-corrected chi connectivity index (χ1v) is 3.66. The van der Waals surface area contributed by atoms with Gasteiger partial charge in [0.2, 0.25) is 0 Å². The summed E-state index contributed by atoms with van der Waals surface area (Å²) in [5, 5.41) is 0. The summed E-state index contributed by atoms with van der Waals surface area (Å²) < 4.78 is -1.18. The van der Waals surface area contributed by atoms with Gasteiger partial charge in [-0.05, 0) is 0 Å². The standard InChI is InChI=1S/C6H5Cl3/c7-6(8,9)5-3-1-2-4-5/h1-5H. The predicted molar refractivity (Wildman–Crippen MR) is 42.1 cm³/mol. The van der Waals surface area contributed by atoms with Crippen LogP contribution in [0, 0.1) is 5.92 Å². The van der Waals surface area contributed by atoms with Crippen molar-refractivity contribution in [2.75, 3.05) is 0 Å². The van der Waals surface area contributed by atoms with Gasteiger partial charge in [0, 0.05) is 5.92 Å². The Balaban J connectivity index is 2.64. The van der Waals surface area contributed by atoms with Crippen molar-refractivity contribution >= 4 is 34.8 Å². The van der Waals surface area contributed by atoms with E-state index >= 15 is 0 Å². The van der Waals surface area contributed by atoms with E-state index in [1.54, 1.807) is 0 Å². The highest BCUT2D eigenvalue weighted by atomic mass is 35.6. The molecule has 0 fully saturated rings. The Hall–Kier alpha value is 0.350. The first-order valence-electron chi connectivity index (χ1n) is 2.52. The molecule has 0 atom stereocenters. The maximum Gasteiger partial charge on any atom is 0.200 e. The van der Waals surface area contributed by atoms with Gasteiger partial charge in [-0.1, -0.05) is 59.1 Å². The minimum atomic E-state index is -1.18. The van der Waals surface area contributed by atoms with Crippen molar-refractivity contribution in [3.05, 3.63) is 24.3 Å². The Kier molecular flexibility index (Phi) is 2.10. The molecular weight excluding hydrogens is 178 g/mol. The van der Waals surface area contributed by atoms with E-state index < -0.39 is 3.79 Å². The number of rotatable bonds is 0. The second-order valence-corrected chi connectivity index (χ2v) is 4.21. The maximum atomic E-state index is 5.57. The summed E-state index contributed by atoms with van der Waals surface area (Å²) in [7, 11) is 0. The Morgan fingerprint density at radius 2 is 1.44 bits per heavy atom. The second-order valence-electron chi connectivity index (χ2n) is 1.84. The van der Waals surface area contributed by atoms with Crippen molar-refractivity contribution < 1.29 is 0 Å².